The van der Waals surface area contributed by atoms with Crippen LogP contribution in [0, 0.1) is 6.92 Å². The van der Waals surface area contributed by atoms with Gasteiger partial charge in [-0.1, -0.05) is 17.7 Å². The lowest BCUT2D eigenvalue weighted by Crippen LogP contribution is -2.30. The average Bonchev–Trinajstić information content (AvgIpc) is 2.91. The number of anilines is 1. The maximum atomic E-state index is 12.7. The van der Waals surface area contributed by atoms with Crippen molar-refractivity contribution >= 4 is 15.7 Å². The first-order valence-corrected chi connectivity index (χ1v) is 8.25. The second-order valence-corrected chi connectivity index (χ2v) is 6.55. The van der Waals surface area contributed by atoms with E-state index in [2.05, 4.69) is 5.32 Å². The molecule has 0 radical (unpaired) electrons. The van der Waals surface area contributed by atoms with Crippen molar-refractivity contribution in [3.63, 3.8) is 0 Å². The zero-order chi connectivity index (χ0) is 15.5. The smallest absolute Gasteiger partial charge is 0.297 e. The van der Waals surface area contributed by atoms with Gasteiger partial charge in [-0.3, -0.25) is 4.31 Å². The molecule has 2 rings (SSSR count). The second-order valence-electron chi connectivity index (χ2n) is 4.76. The lowest BCUT2D eigenvalue weighted by Gasteiger charge is -2.21. The van der Waals surface area contributed by atoms with Crippen molar-refractivity contribution in [3.8, 4) is 0 Å². The summed E-state index contributed by atoms with van der Waals surface area (Å²) < 4.78 is 32.1. The number of hydrogen-bond acceptors (Lipinski definition) is 4. The van der Waals surface area contributed by atoms with Crippen LogP contribution in [0.4, 0.5) is 5.69 Å². The summed E-state index contributed by atoms with van der Waals surface area (Å²) in [6, 6.07) is 10.6. The highest BCUT2D eigenvalue weighted by Crippen LogP contribution is 2.25. The monoisotopic (exact) mass is 308 g/mol. The Morgan fingerprint density at radius 2 is 1.81 bits per heavy atom. The second kappa shape index (κ2) is 6.32. The predicted octanol–water partition coefficient (Wildman–Crippen LogP) is 2.52. The molecule has 1 aromatic carbocycles. The van der Waals surface area contributed by atoms with Crippen LogP contribution >= 0.6 is 0 Å². The Hall–Kier alpha value is -1.79. The summed E-state index contributed by atoms with van der Waals surface area (Å²) in [7, 11) is -1.90. The molecule has 6 heteroatoms. The highest BCUT2D eigenvalue weighted by atomic mass is 32.2. The number of nitrogens with zero attached hydrogens (tertiary/aromatic N) is 1. The third kappa shape index (κ3) is 3.28. The van der Waals surface area contributed by atoms with Gasteiger partial charge in [-0.15, -0.1) is 0 Å². The lowest BCUT2D eigenvalue weighted by molar-refractivity contribution is 0.406. The molecule has 1 aromatic heterocycles. The van der Waals surface area contributed by atoms with Crippen molar-refractivity contribution in [1.29, 1.82) is 0 Å². The fourth-order valence-corrected chi connectivity index (χ4v) is 3.49. The molecular formula is C15H20N2O3S. The molecule has 0 unspecified atom stereocenters. The molecule has 0 aliphatic carbocycles. The first-order valence-electron chi connectivity index (χ1n) is 6.81. The maximum Gasteiger partial charge on any atom is 0.297 e. The SMILES string of the molecule is CCN(c1ccc(C)cc1)S(=O)(=O)c1ccc(CNC)o1. The number of furan rings is 1. The van der Waals surface area contributed by atoms with Gasteiger partial charge >= 0.3 is 0 Å². The van der Waals surface area contributed by atoms with Crippen molar-refractivity contribution in [2.24, 2.45) is 0 Å². The number of aryl methyl sites for hydroxylation is 1. The minimum Gasteiger partial charge on any atom is -0.446 e. The van der Waals surface area contributed by atoms with E-state index >= 15 is 0 Å². The van der Waals surface area contributed by atoms with Gasteiger partial charge in [-0.25, -0.2) is 0 Å². The van der Waals surface area contributed by atoms with Crippen LogP contribution in [0.15, 0.2) is 45.9 Å². The summed E-state index contributed by atoms with van der Waals surface area (Å²) >= 11 is 0. The van der Waals surface area contributed by atoms with Crippen LogP contribution in [0.25, 0.3) is 0 Å². The molecule has 0 aliphatic heterocycles. The highest BCUT2D eigenvalue weighted by Gasteiger charge is 2.26. The molecule has 2 aromatic rings. The fourth-order valence-electron chi connectivity index (χ4n) is 2.08. The van der Waals surface area contributed by atoms with Crippen LogP contribution in [0.1, 0.15) is 18.2 Å². The van der Waals surface area contributed by atoms with Crippen molar-refractivity contribution in [2.75, 3.05) is 17.9 Å². The first kappa shape index (κ1) is 15.6. The van der Waals surface area contributed by atoms with Gasteiger partial charge in [-0.05, 0) is 45.2 Å². The van der Waals surface area contributed by atoms with Crippen LogP contribution in [0.3, 0.4) is 0 Å². The Morgan fingerprint density at radius 3 is 2.38 bits per heavy atom. The molecule has 5 nitrogen and oxygen atoms in total. The quantitative estimate of drug-likeness (QED) is 0.890. The molecule has 0 spiro atoms. The van der Waals surface area contributed by atoms with Crippen LogP contribution < -0.4 is 9.62 Å². The van der Waals surface area contributed by atoms with E-state index in [0.29, 0.717) is 24.5 Å². The Labute approximate surface area is 125 Å². The van der Waals surface area contributed by atoms with Gasteiger partial charge in [0.2, 0.25) is 5.09 Å². The number of rotatable bonds is 6. The number of benzene rings is 1. The maximum absolute atomic E-state index is 12.7. The van der Waals surface area contributed by atoms with E-state index in [1.54, 1.807) is 32.2 Å². The average molecular weight is 308 g/mol. The zero-order valence-electron chi connectivity index (χ0n) is 12.5. The van der Waals surface area contributed by atoms with Crippen molar-refractivity contribution in [2.45, 2.75) is 25.5 Å². The normalized spacial score (nSPS) is 11.6. The van der Waals surface area contributed by atoms with Gasteiger partial charge in [0, 0.05) is 6.54 Å². The van der Waals surface area contributed by atoms with Crippen molar-refractivity contribution < 1.29 is 12.8 Å². The number of hydrogen-bond donors (Lipinski definition) is 1. The largest absolute Gasteiger partial charge is 0.446 e. The molecule has 21 heavy (non-hydrogen) atoms. The fraction of sp³-hybridized carbons (Fsp3) is 0.333. The summed E-state index contributed by atoms with van der Waals surface area (Å²) in [5.74, 6) is 0.594. The van der Waals surface area contributed by atoms with E-state index < -0.39 is 10.0 Å². The van der Waals surface area contributed by atoms with Crippen molar-refractivity contribution in [3.05, 3.63) is 47.7 Å². The van der Waals surface area contributed by atoms with E-state index in [0.717, 1.165) is 5.56 Å². The third-order valence-electron chi connectivity index (χ3n) is 3.14. The Bertz CT molecular complexity index is 690. The summed E-state index contributed by atoms with van der Waals surface area (Å²) in [6.45, 7) is 4.60. The van der Waals surface area contributed by atoms with Crippen molar-refractivity contribution in [1.82, 2.24) is 5.32 Å². The molecule has 1 heterocycles. The van der Waals surface area contributed by atoms with Gasteiger partial charge in [0.05, 0.1) is 12.2 Å². The van der Waals surface area contributed by atoms with E-state index in [1.165, 1.54) is 10.4 Å². The molecule has 0 fully saturated rings. The van der Waals surface area contributed by atoms with Gasteiger partial charge < -0.3 is 9.73 Å². The van der Waals surface area contributed by atoms with Crippen LogP contribution in [0.2, 0.25) is 0 Å². The van der Waals surface area contributed by atoms with Gasteiger partial charge in [0.1, 0.15) is 5.76 Å². The summed E-state index contributed by atoms with van der Waals surface area (Å²) in [5.41, 5.74) is 1.72. The molecule has 0 aliphatic rings. The van der Waals surface area contributed by atoms with Crippen LogP contribution in [-0.4, -0.2) is 22.0 Å². The van der Waals surface area contributed by atoms with E-state index in [4.69, 9.17) is 4.42 Å². The summed E-state index contributed by atoms with van der Waals surface area (Å²) in [5, 5.41) is 2.90. The molecule has 0 atom stereocenters. The third-order valence-corrected chi connectivity index (χ3v) is 4.92. The van der Waals surface area contributed by atoms with Gasteiger partial charge in [-0.2, -0.15) is 8.42 Å². The van der Waals surface area contributed by atoms with Gasteiger partial charge in [0.25, 0.3) is 10.0 Å². The predicted molar refractivity (Wildman–Crippen MR) is 82.9 cm³/mol. The van der Waals surface area contributed by atoms with Crippen LogP contribution in [0.5, 0.6) is 0 Å². The molecule has 1 N–H and O–H groups in total. The van der Waals surface area contributed by atoms with Gasteiger partial charge in [0.15, 0.2) is 0 Å². The topological polar surface area (TPSA) is 62.6 Å². The minimum atomic E-state index is -3.68. The molecule has 0 amide bonds. The Kier molecular flexibility index (Phi) is 4.69. The Balaban J connectivity index is 2.36. The standard InChI is InChI=1S/C15H20N2O3S/c1-4-17(13-7-5-12(2)6-8-13)21(18,19)15-10-9-14(20-15)11-16-3/h5-10,16H,4,11H2,1-3H3. The molecule has 0 saturated carbocycles. The van der Waals surface area contributed by atoms with E-state index in [1.807, 2.05) is 19.1 Å². The number of nitrogens with one attached hydrogen (secondary N) is 1. The highest BCUT2D eigenvalue weighted by molar-refractivity contribution is 7.92. The van der Waals surface area contributed by atoms with Crippen LogP contribution in [-0.2, 0) is 16.6 Å². The molecule has 0 saturated heterocycles. The first-order chi connectivity index (χ1) is 9.98. The zero-order valence-corrected chi connectivity index (χ0v) is 13.3. The van der Waals surface area contributed by atoms with E-state index in [9.17, 15) is 8.42 Å². The summed E-state index contributed by atoms with van der Waals surface area (Å²) in [4.78, 5) is 0. The van der Waals surface area contributed by atoms with E-state index in [-0.39, 0.29) is 5.09 Å². The molecule has 114 valence electrons. The molecular weight excluding hydrogens is 288 g/mol. The molecule has 0 bridgehead atoms. The minimum absolute atomic E-state index is 0.0322. The summed E-state index contributed by atoms with van der Waals surface area (Å²) in [6.07, 6.45) is 0. The Morgan fingerprint density at radius 1 is 1.14 bits per heavy atom. The lowest BCUT2D eigenvalue weighted by atomic mass is 10.2. The number of sulfonamides is 1.